The molecule has 23 heavy (non-hydrogen) atoms. The average Bonchev–Trinajstić information content (AvgIpc) is 3.22. The smallest absolute Gasteiger partial charge is 0.345 e. The van der Waals surface area contributed by atoms with E-state index in [0.29, 0.717) is 14.8 Å². The van der Waals surface area contributed by atoms with Crippen LogP contribution < -0.4 is 14.8 Å². The molecular formula is C15H9NO5S2. The SMILES string of the molecule is O=C(/C=c1/[nH]c(=O)/c(=C\c2csc(C(=O)O)c2)s1)c1ccco1. The maximum absolute atomic E-state index is 11.9. The summed E-state index contributed by atoms with van der Waals surface area (Å²) in [5.74, 6) is -1.16. The number of carbonyl (C=O) groups excluding carboxylic acids is 1. The van der Waals surface area contributed by atoms with Gasteiger partial charge in [0.05, 0.1) is 15.5 Å². The second-order valence-corrected chi connectivity index (χ2v) is 6.46. The van der Waals surface area contributed by atoms with Gasteiger partial charge >= 0.3 is 5.97 Å². The van der Waals surface area contributed by atoms with Crippen molar-refractivity contribution in [2.75, 3.05) is 0 Å². The number of rotatable bonds is 4. The monoisotopic (exact) mass is 347 g/mol. The lowest BCUT2D eigenvalue weighted by Gasteiger charge is -1.84. The first kappa shape index (κ1) is 15.2. The molecule has 3 aromatic heterocycles. The lowest BCUT2D eigenvalue weighted by atomic mass is 10.3. The van der Waals surface area contributed by atoms with Crippen LogP contribution in [0.5, 0.6) is 0 Å². The van der Waals surface area contributed by atoms with Gasteiger partial charge in [0.15, 0.2) is 5.76 Å². The number of nitrogens with one attached hydrogen (secondary N) is 1. The molecule has 0 aromatic carbocycles. The topological polar surface area (TPSA) is 100 Å². The van der Waals surface area contributed by atoms with E-state index in [2.05, 4.69) is 4.98 Å². The van der Waals surface area contributed by atoms with Crippen molar-refractivity contribution in [1.82, 2.24) is 4.98 Å². The number of ketones is 1. The molecule has 2 N–H and O–H groups in total. The predicted molar refractivity (Wildman–Crippen MR) is 86.5 cm³/mol. The van der Waals surface area contributed by atoms with Crippen molar-refractivity contribution in [2.24, 2.45) is 0 Å². The number of furan rings is 1. The lowest BCUT2D eigenvalue weighted by molar-refractivity contribution is 0.0702. The molecule has 0 radical (unpaired) electrons. The average molecular weight is 347 g/mol. The van der Waals surface area contributed by atoms with E-state index in [1.807, 2.05) is 0 Å². The highest BCUT2D eigenvalue weighted by molar-refractivity contribution is 7.12. The number of carboxylic acids is 1. The number of carbonyl (C=O) groups is 2. The number of Topliss-reactive ketones (excluding diaryl/α,β-unsaturated/α-hetero) is 1. The van der Waals surface area contributed by atoms with Crippen LogP contribution in [0.25, 0.3) is 12.2 Å². The Morgan fingerprint density at radius 1 is 1.35 bits per heavy atom. The molecule has 3 rings (SSSR count). The fraction of sp³-hybridized carbons (Fsp3) is 0. The Balaban J connectivity index is 1.97. The Kier molecular flexibility index (Phi) is 4.09. The fourth-order valence-electron chi connectivity index (χ4n) is 1.82. The summed E-state index contributed by atoms with van der Waals surface area (Å²) in [7, 11) is 0. The number of hydrogen-bond donors (Lipinski definition) is 2. The minimum absolute atomic E-state index is 0.189. The molecule has 6 nitrogen and oxygen atoms in total. The van der Waals surface area contributed by atoms with E-state index in [1.54, 1.807) is 17.5 Å². The molecule has 0 fully saturated rings. The molecule has 0 saturated heterocycles. The molecule has 0 unspecified atom stereocenters. The van der Waals surface area contributed by atoms with Crippen molar-refractivity contribution in [3.8, 4) is 0 Å². The predicted octanol–water partition coefficient (Wildman–Crippen LogP) is 1.28. The van der Waals surface area contributed by atoms with E-state index in [0.717, 1.165) is 22.7 Å². The second kappa shape index (κ2) is 6.19. The molecule has 0 saturated carbocycles. The van der Waals surface area contributed by atoms with Crippen LogP contribution in [0.3, 0.4) is 0 Å². The van der Waals surface area contributed by atoms with E-state index in [4.69, 9.17) is 9.52 Å². The third-order valence-corrected chi connectivity index (χ3v) is 4.73. The van der Waals surface area contributed by atoms with Crippen LogP contribution in [0.1, 0.15) is 25.8 Å². The summed E-state index contributed by atoms with van der Waals surface area (Å²) >= 11 is 2.20. The Morgan fingerprint density at radius 3 is 2.83 bits per heavy atom. The van der Waals surface area contributed by atoms with Crippen molar-refractivity contribution < 1.29 is 19.1 Å². The summed E-state index contributed by atoms with van der Waals surface area (Å²) in [5, 5.41) is 10.5. The summed E-state index contributed by atoms with van der Waals surface area (Å²) in [5.41, 5.74) is 0.292. The van der Waals surface area contributed by atoms with Crippen LogP contribution in [0, 0.1) is 0 Å². The van der Waals surface area contributed by atoms with Gasteiger partial charge in [-0.25, -0.2) is 4.79 Å². The number of thiazole rings is 1. The molecule has 0 aliphatic rings. The molecule has 8 heteroatoms. The summed E-state index contributed by atoms with van der Waals surface area (Å²) < 4.78 is 5.78. The Hall–Kier alpha value is -2.71. The zero-order valence-electron chi connectivity index (χ0n) is 11.4. The second-order valence-electron chi connectivity index (χ2n) is 4.46. The van der Waals surface area contributed by atoms with Crippen molar-refractivity contribution in [1.29, 1.82) is 0 Å². The maximum Gasteiger partial charge on any atom is 0.345 e. The number of hydrogen-bond acceptors (Lipinski definition) is 6. The molecule has 0 aliphatic heterocycles. The van der Waals surface area contributed by atoms with E-state index < -0.39 is 5.97 Å². The highest BCUT2D eigenvalue weighted by Crippen LogP contribution is 2.14. The summed E-state index contributed by atoms with van der Waals surface area (Å²) in [6.07, 6.45) is 4.27. The van der Waals surface area contributed by atoms with Crippen LogP contribution in [0.4, 0.5) is 0 Å². The molecule has 116 valence electrons. The van der Waals surface area contributed by atoms with Gasteiger partial charge in [-0.1, -0.05) is 0 Å². The van der Waals surface area contributed by atoms with Crippen LogP contribution in [-0.2, 0) is 0 Å². The number of aromatic nitrogens is 1. The van der Waals surface area contributed by atoms with E-state index in [1.165, 1.54) is 24.5 Å². The van der Waals surface area contributed by atoms with Crippen molar-refractivity contribution in [2.45, 2.75) is 0 Å². The molecule has 0 amide bonds. The first-order valence-electron chi connectivity index (χ1n) is 6.35. The maximum atomic E-state index is 11.9. The number of carboxylic acid groups (broad SMARTS) is 1. The van der Waals surface area contributed by atoms with Gasteiger partial charge < -0.3 is 14.5 Å². The van der Waals surface area contributed by atoms with Gasteiger partial charge in [-0.05, 0) is 35.2 Å². The third kappa shape index (κ3) is 3.38. The van der Waals surface area contributed by atoms with E-state index >= 15 is 0 Å². The quantitative estimate of drug-likeness (QED) is 0.693. The summed E-state index contributed by atoms with van der Waals surface area (Å²) in [6.45, 7) is 0. The minimum atomic E-state index is -1.01. The molecule has 0 spiro atoms. The number of aromatic carboxylic acids is 1. The van der Waals surface area contributed by atoms with Gasteiger partial charge in [-0.15, -0.1) is 22.7 Å². The molecule has 0 atom stereocenters. The highest BCUT2D eigenvalue weighted by atomic mass is 32.1. The van der Waals surface area contributed by atoms with Gasteiger partial charge in [0.2, 0.25) is 5.78 Å². The van der Waals surface area contributed by atoms with Crippen LogP contribution >= 0.6 is 22.7 Å². The molecular weight excluding hydrogens is 338 g/mol. The first-order chi connectivity index (χ1) is 11.0. The zero-order chi connectivity index (χ0) is 16.4. The first-order valence-corrected chi connectivity index (χ1v) is 8.05. The molecule has 3 aromatic rings. The lowest BCUT2D eigenvalue weighted by Crippen LogP contribution is -2.19. The van der Waals surface area contributed by atoms with Gasteiger partial charge in [-0.2, -0.15) is 0 Å². The minimum Gasteiger partial charge on any atom is -0.477 e. The van der Waals surface area contributed by atoms with Crippen LogP contribution in [0.15, 0.2) is 39.1 Å². The molecule has 0 bridgehead atoms. The fourth-order valence-corrected chi connectivity index (χ4v) is 3.41. The van der Waals surface area contributed by atoms with Gasteiger partial charge in [0.1, 0.15) is 4.88 Å². The summed E-state index contributed by atoms with van der Waals surface area (Å²) in [4.78, 5) is 37.4. The van der Waals surface area contributed by atoms with E-state index in [-0.39, 0.29) is 22.0 Å². The Bertz CT molecular complexity index is 1040. The number of thiophene rings is 1. The highest BCUT2D eigenvalue weighted by Gasteiger charge is 2.07. The van der Waals surface area contributed by atoms with Crippen LogP contribution in [0.2, 0.25) is 0 Å². The summed E-state index contributed by atoms with van der Waals surface area (Å²) in [6, 6.07) is 4.63. The zero-order valence-corrected chi connectivity index (χ0v) is 13.1. The molecule has 3 heterocycles. The van der Waals surface area contributed by atoms with Gasteiger partial charge in [-0.3, -0.25) is 9.59 Å². The molecule has 0 aliphatic carbocycles. The Labute approximate surface area is 136 Å². The number of H-pyrrole nitrogens is 1. The van der Waals surface area contributed by atoms with Crippen molar-refractivity contribution in [3.63, 3.8) is 0 Å². The van der Waals surface area contributed by atoms with Crippen molar-refractivity contribution in [3.05, 3.63) is 65.6 Å². The van der Waals surface area contributed by atoms with E-state index in [9.17, 15) is 14.4 Å². The Morgan fingerprint density at radius 2 is 2.17 bits per heavy atom. The van der Waals surface area contributed by atoms with Crippen molar-refractivity contribution >= 4 is 46.6 Å². The normalized spacial score (nSPS) is 12.7. The third-order valence-electron chi connectivity index (χ3n) is 2.83. The largest absolute Gasteiger partial charge is 0.477 e. The number of aromatic amines is 1. The van der Waals surface area contributed by atoms with Gasteiger partial charge in [0.25, 0.3) is 5.56 Å². The standard InChI is InChI=1S/C15H9NO5S2/c17-9(10-2-1-3-21-10)6-13-16-14(18)11(23-13)4-8-5-12(15(19)20)22-7-8/h1-7H,(H,16,18)(H,19,20)/b11-4+,13-6-. The van der Waals surface area contributed by atoms with Crippen LogP contribution in [-0.4, -0.2) is 21.8 Å². The van der Waals surface area contributed by atoms with Gasteiger partial charge in [0, 0.05) is 6.08 Å².